The summed E-state index contributed by atoms with van der Waals surface area (Å²) in [7, 11) is -3.17. The van der Waals surface area contributed by atoms with E-state index in [1.54, 1.807) is 24.3 Å². The Kier molecular flexibility index (Phi) is 2.67. The van der Waals surface area contributed by atoms with Crippen LogP contribution < -0.4 is 4.72 Å². The maximum Gasteiger partial charge on any atom is 0.235 e. The van der Waals surface area contributed by atoms with Crippen LogP contribution in [0.5, 0.6) is 0 Å². The van der Waals surface area contributed by atoms with Crippen LogP contribution in [0.4, 0.5) is 5.69 Å². The van der Waals surface area contributed by atoms with Gasteiger partial charge in [0, 0.05) is 5.69 Å². The molecule has 0 aromatic heterocycles. The van der Waals surface area contributed by atoms with Gasteiger partial charge >= 0.3 is 0 Å². The van der Waals surface area contributed by atoms with Crippen LogP contribution >= 0.6 is 0 Å². The van der Waals surface area contributed by atoms with Crippen molar-refractivity contribution < 1.29 is 13.5 Å². The Morgan fingerprint density at radius 2 is 1.87 bits per heavy atom. The second kappa shape index (κ2) is 3.83. The van der Waals surface area contributed by atoms with E-state index in [9.17, 15) is 8.42 Å². The molecule has 0 aliphatic heterocycles. The van der Waals surface area contributed by atoms with Crippen LogP contribution in [0, 0.1) is 0 Å². The summed E-state index contributed by atoms with van der Waals surface area (Å²) in [6.07, 6.45) is 1.51. The fraction of sp³-hybridized carbons (Fsp3) is 0.400. The number of benzene rings is 1. The fourth-order valence-corrected chi connectivity index (χ4v) is 2.69. The first-order chi connectivity index (χ1) is 7.12. The molecule has 5 heteroatoms. The molecule has 1 aromatic carbocycles. The summed E-state index contributed by atoms with van der Waals surface area (Å²) in [6.45, 7) is -0.0321. The van der Waals surface area contributed by atoms with E-state index in [2.05, 4.69) is 4.72 Å². The molecule has 1 saturated carbocycles. The summed E-state index contributed by atoms with van der Waals surface area (Å²) in [6, 6.07) is 6.71. The number of hydrogen-bond acceptors (Lipinski definition) is 3. The zero-order valence-electron chi connectivity index (χ0n) is 8.18. The molecule has 4 nitrogen and oxygen atoms in total. The highest BCUT2D eigenvalue weighted by atomic mass is 32.2. The predicted octanol–water partition coefficient (Wildman–Crippen LogP) is 1.08. The molecule has 0 heterocycles. The molecule has 1 aliphatic rings. The van der Waals surface area contributed by atoms with E-state index >= 15 is 0 Å². The Morgan fingerprint density at radius 3 is 2.33 bits per heavy atom. The average Bonchev–Trinajstić information content (AvgIpc) is 3.01. The molecule has 1 aromatic rings. The third-order valence-corrected chi connectivity index (χ3v) is 4.23. The first-order valence-corrected chi connectivity index (χ1v) is 6.38. The van der Waals surface area contributed by atoms with Gasteiger partial charge in [0.1, 0.15) is 0 Å². The van der Waals surface area contributed by atoms with Crippen LogP contribution in [-0.4, -0.2) is 18.8 Å². The molecule has 0 bridgehead atoms. The van der Waals surface area contributed by atoms with Gasteiger partial charge in [0.2, 0.25) is 10.0 Å². The Bertz CT molecular complexity index is 434. The summed E-state index contributed by atoms with van der Waals surface area (Å²) in [5.74, 6) is 0. The van der Waals surface area contributed by atoms with Gasteiger partial charge in [0.25, 0.3) is 0 Å². The van der Waals surface area contributed by atoms with Gasteiger partial charge < -0.3 is 5.11 Å². The van der Waals surface area contributed by atoms with E-state index in [4.69, 9.17) is 5.11 Å². The van der Waals surface area contributed by atoms with Crippen LogP contribution in [0.3, 0.4) is 0 Å². The number of rotatable bonds is 4. The second-order valence-corrected chi connectivity index (χ2v) is 5.66. The standard InChI is InChI=1S/C10H13NO3S/c12-7-8-1-3-9(4-2-8)11-15(13,14)10-5-6-10/h1-4,10-12H,5-7H2. The lowest BCUT2D eigenvalue weighted by Gasteiger charge is -2.06. The van der Waals surface area contributed by atoms with E-state index in [0.717, 1.165) is 18.4 Å². The Hall–Kier alpha value is -1.07. The van der Waals surface area contributed by atoms with Gasteiger partial charge in [-0.2, -0.15) is 0 Å². The van der Waals surface area contributed by atoms with Gasteiger partial charge in [-0.25, -0.2) is 8.42 Å². The number of anilines is 1. The number of aliphatic hydroxyl groups is 1. The van der Waals surface area contributed by atoms with Gasteiger partial charge in [-0.05, 0) is 30.5 Å². The summed E-state index contributed by atoms with van der Waals surface area (Å²) in [5.41, 5.74) is 1.32. The van der Waals surface area contributed by atoms with Crippen LogP contribution in [0.2, 0.25) is 0 Å². The molecule has 82 valence electrons. The Balaban J connectivity index is 2.10. The van der Waals surface area contributed by atoms with Crippen molar-refractivity contribution in [2.75, 3.05) is 4.72 Å². The van der Waals surface area contributed by atoms with Crippen molar-refractivity contribution >= 4 is 15.7 Å². The summed E-state index contributed by atoms with van der Waals surface area (Å²) < 4.78 is 25.6. The fourth-order valence-electron chi connectivity index (χ4n) is 1.30. The topological polar surface area (TPSA) is 66.4 Å². The lowest BCUT2D eigenvalue weighted by Crippen LogP contribution is -2.17. The second-order valence-electron chi connectivity index (χ2n) is 3.70. The van der Waals surface area contributed by atoms with E-state index in [-0.39, 0.29) is 11.9 Å². The molecule has 15 heavy (non-hydrogen) atoms. The van der Waals surface area contributed by atoms with Gasteiger partial charge in [-0.3, -0.25) is 4.72 Å². The SMILES string of the molecule is O=S(=O)(Nc1ccc(CO)cc1)C1CC1. The van der Waals surface area contributed by atoms with Gasteiger partial charge in [0.05, 0.1) is 11.9 Å². The van der Waals surface area contributed by atoms with Crippen LogP contribution in [0.1, 0.15) is 18.4 Å². The van der Waals surface area contributed by atoms with E-state index in [1.807, 2.05) is 0 Å². The van der Waals surface area contributed by atoms with Crippen molar-refractivity contribution in [2.45, 2.75) is 24.7 Å². The molecule has 2 rings (SSSR count). The quantitative estimate of drug-likeness (QED) is 0.809. The molecule has 0 atom stereocenters. The molecular formula is C10H13NO3S. The molecular weight excluding hydrogens is 214 g/mol. The maximum atomic E-state index is 11.6. The molecule has 2 N–H and O–H groups in total. The zero-order chi connectivity index (χ0) is 10.9. The van der Waals surface area contributed by atoms with E-state index in [0.29, 0.717) is 5.69 Å². The first-order valence-electron chi connectivity index (χ1n) is 4.83. The molecule has 0 spiro atoms. The third-order valence-electron chi connectivity index (χ3n) is 2.36. The number of sulfonamides is 1. The van der Waals surface area contributed by atoms with E-state index in [1.165, 1.54) is 0 Å². The molecule has 0 saturated heterocycles. The lowest BCUT2D eigenvalue weighted by atomic mass is 10.2. The minimum Gasteiger partial charge on any atom is -0.392 e. The van der Waals surface area contributed by atoms with Gasteiger partial charge in [-0.15, -0.1) is 0 Å². The molecule has 0 unspecified atom stereocenters. The molecule has 1 fully saturated rings. The average molecular weight is 227 g/mol. The van der Waals surface area contributed by atoms with Crippen LogP contribution in [0.15, 0.2) is 24.3 Å². The normalized spacial score (nSPS) is 16.3. The van der Waals surface area contributed by atoms with Crippen molar-refractivity contribution in [3.05, 3.63) is 29.8 Å². The highest BCUT2D eigenvalue weighted by Gasteiger charge is 2.35. The van der Waals surface area contributed by atoms with Gasteiger partial charge in [-0.1, -0.05) is 12.1 Å². The van der Waals surface area contributed by atoms with Crippen LogP contribution in [0.25, 0.3) is 0 Å². The van der Waals surface area contributed by atoms with Crippen molar-refractivity contribution in [1.82, 2.24) is 0 Å². The third kappa shape index (κ3) is 2.49. The lowest BCUT2D eigenvalue weighted by molar-refractivity contribution is 0.282. The highest BCUT2D eigenvalue weighted by molar-refractivity contribution is 7.93. The van der Waals surface area contributed by atoms with Gasteiger partial charge in [0.15, 0.2) is 0 Å². The molecule has 0 amide bonds. The number of hydrogen-bond donors (Lipinski definition) is 2. The number of aliphatic hydroxyl groups excluding tert-OH is 1. The number of nitrogens with one attached hydrogen (secondary N) is 1. The summed E-state index contributed by atoms with van der Waals surface area (Å²) in [4.78, 5) is 0. The van der Waals surface area contributed by atoms with Crippen molar-refractivity contribution in [2.24, 2.45) is 0 Å². The Labute approximate surface area is 89.0 Å². The summed E-state index contributed by atoms with van der Waals surface area (Å²) >= 11 is 0. The van der Waals surface area contributed by atoms with Crippen molar-refractivity contribution in [1.29, 1.82) is 0 Å². The van der Waals surface area contributed by atoms with Crippen molar-refractivity contribution in [3.63, 3.8) is 0 Å². The minimum absolute atomic E-state index is 0.0321. The minimum atomic E-state index is -3.17. The zero-order valence-corrected chi connectivity index (χ0v) is 9.00. The molecule has 0 radical (unpaired) electrons. The van der Waals surface area contributed by atoms with Crippen molar-refractivity contribution in [3.8, 4) is 0 Å². The largest absolute Gasteiger partial charge is 0.392 e. The van der Waals surface area contributed by atoms with E-state index < -0.39 is 10.0 Å². The smallest absolute Gasteiger partial charge is 0.235 e. The first kappa shape index (κ1) is 10.4. The van der Waals surface area contributed by atoms with Crippen LogP contribution in [-0.2, 0) is 16.6 Å². The Morgan fingerprint density at radius 1 is 1.27 bits per heavy atom. The highest BCUT2D eigenvalue weighted by Crippen LogP contribution is 2.29. The molecule has 1 aliphatic carbocycles. The summed E-state index contributed by atoms with van der Waals surface area (Å²) in [5, 5.41) is 8.61. The predicted molar refractivity (Wildman–Crippen MR) is 57.9 cm³/mol. The maximum absolute atomic E-state index is 11.6. The monoisotopic (exact) mass is 227 g/mol.